The molecule has 4 heteroatoms. The summed E-state index contributed by atoms with van der Waals surface area (Å²) < 4.78 is 0. The number of hydrogen-bond acceptors (Lipinski definition) is 4. The van der Waals surface area contributed by atoms with Gasteiger partial charge in [0, 0.05) is 47.4 Å². The molecular weight excluding hydrogens is 236 g/mol. The predicted molar refractivity (Wildman–Crippen MR) is 74.4 cm³/mol. The molecule has 0 bridgehead atoms. The van der Waals surface area contributed by atoms with Crippen LogP contribution in [-0.4, -0.2) is 36.5 Å². The van der Waals surface area contributed by atoms with Crippen LogP contribution >= 0.6 is 23.1 Å². The molecule has 2 heterocycles. The molecule has 0 saturated carbocycles. The number of thiophene rings is 1. The van der Waals surface area contributed by atoms with Gasteiger partial charge in [0.2, 0.25) is 0 Å². The minimum Gasteiger partial charge on any atom is -0.315 e. The summed E-state index contributed by atoms with van der Waals surface area (Å²) in [7, 11) is 2.01. The van der Waals surface area contributed by atoms with Crippen LogP contribution in [0.4, 0.5) is 0 Å². The van der Waals surface area contributed by atoms with Crippen LogP contribution in [0.5, 0.6) is 0 Å². The fraction of sp³-hybridized carbons (Fsp3) is 0.667. The van der Waals surface area contributed by atoms with Gasteiger partial charge in [0.05, 0.1) is 0 Å². The topological polar surface area (TPSA) is 15.3 Å². The summed E-state index contributed by atoms with van der Waals surface area (Å²) in [6.07, 6.45) is 0. The van der Waals surface area contributed by atoms with E-state index in [9.17, 15) is 0 Å². The van der Waals surface area contributed by atoms with E-state index in [2.05, 4.69) is 35.0 Å². The molecule has 1 aliphatic heterocycles. The van der Waals surface area contributed by atoms with Crippen molar-refractivity contribution in [3.63, 3.8) is 0 Å². The normalized spacial score (nSPS) is 17.9. The van der Waals surface area contributed by atoms with Crippen molar-refractivity contribution in [1.29, 1.82) is 0 Å². The molecule has 0 amide bonds. The molecule has 1 aromatic heterocycles. The molecule has 0 spiro atoms. The third kappa shape index (κ3) is 3.23. The Morgan fingerprint density at radius 2 is 2.12 bits per heavy atom. The van der Waals surface area contributed by atoms with Crippen LogP contribution in [0.1, 0.15) is 15.3 Å². The quantitative estimate of drug-likeness (QED) is 0.890. The summed E-state index contributed by atoms with van der Waals surface area (Å²) in [5, 5.41) is 3.22. The Balaban J connectivity index is 1.96. The number of thioether (sulfide) groups is 1. The molecular formula is C12H20N2S2. The maximum atomic E-state index is 3.22. The summed E-state index contributed by atoms with van der Waals surface area (Å²) in [5.74, 6) is 2.60. The highest BCUT2D eigenvalue weighted by Gasteiger charge is 2.13. The van der Waals surface area contributed by atoms with Crippen molar-refractivity contribution in [3.8, 4) is 0 Å². The Morgan fingerprint density at radius 3 is 2.81 bits per heavy atom. The fourth-order valence-corrected chi connectivity index (χ4v) is 4.05. The van der Waals surface area contributed by atoms with E-state index in [1.807, 2.05) is 18.4 Å². The van der Waals surface area contributed by atoms with Crippen LogP contribution in [0.15, 0.2) is 6.07 Å². The first-order chi connectivity index (χ1) is 7.79. The van der Waals surface area contributed by atoms with Crippen LogP contribution in [-0.2, 0) is 13.1 Å². The minimum atomic E-state index is 1.00. The van der Waals surface area contributed by atoms with Gasteiger partial charge < -0.3 is 5.32 Å². The van der Waals surface area contributed by atoms with Gasteiger partial charge in [0.25, 0.3) is 0 Å². The Bertz CT molecular complexity index is 330. The lowest BCUT2D eigenvalue weighted by molar-refractivity contribution is 0.294. The predicted octanol–water partition coefficient (Wildman–Crippen LogP) is 2.32. The standard InChI is InChI=1S/C12H20N2S2/c1-10-11(7-12(16-10)8-13-2)9-14-3-5-15-6-4-14/h7,13H,3-6,8-9H2,1-2H3. The molecule has 1 aliphatic rings. The zero-order valence-electron chi connectivity index (χ0n) is 10.1. The van der Waals surface area contributed by atoms with Gasteiger partial charge in [-0.05, 0) is 25.6 Å². The Morgan fingerprint density at radius 1 is 1.38 bits per heavy atom. The van der Waals surface area contributed by atoms with E-state index in [-0.39, 0.29) is 0 Å². The Hall–Kier alpha value is -0.0300. The third-order valence-electron chi connectivity index (χ3n) is 2.92. The highest BCUT2D eigenvalue weighted by molar-refractivity contribution is 7.99. The van der Waals surface area contributed by atoms with Gasteiger partial charge in [-0.1, -0.05) is 0 Å². The summed E-state index contributed by atoms with van der Waals surface area (Å²) in [6, 6.07) is 2.37. The van der Waals surface area contributed by atoms with Crippen LogP contribution in [0.3, 0.4) is 0 Å². The minimum absolute atomic E-state index is 1.00. The van der Waals surface area contributed by atoms with Crippen LogP contribution < -0.4 is 5.32 Å². The summed E-state index contributed by atoms with van der Waals surface area (Å²) in [5.41, 5.74) is 1.53. The third-order valence-corrected chi connectivity index (χ3v) is 4.96. The van der Waals surface area contributed by atoms with Crippen molar-refractivity contribution in [3.05, 3.63) is 21.4 Å². The molecule has 0 aliphatic carbocycles. The van der Waals surface area contributed by atoms with Gasteiger partial charge >= 0.3 is 0 Å². The number of nitrogens with zero attached hydrogens (tertiary/aromatic N) is 1. The molecule has 2 rings (SSSR count). The largest absolute Gasteiger partial charge is 0.315 e. The van der Waals surface area contributed by atoms with Crippen molar-refractivity contribution < 1.29 is 0 Å². The summed E-state index contributed by atoms with van der Waals surface area (Å²) >= 11 is 4.01. The van der Waals surface area contributed by atoms with Gasteiger partial charge in [0.15, 0.2) is 0 Å². The van der Waals surface area contributed by atoms with Crippen LogP contribution in [0.25, 0.3) is 0 Å². The van der Waals surface area contributed by atoms with Crippen LogP contribution in [0.2, 0.25) is 0 Å². The lowest BCUT2D eigenvalue weighted by Crippen LogP contribution is -2.31. The second-order valence-corrected chi connectivity index (χ2v) is 6.78. The molecule has 1 saturated heterocycles. The monoisotopic (exact) mass is 256 g/mol. The maximum Gasteiger partial charge on any atom is 0.0296 e. The van der Waals surface area contributed by atoms with Gasteiger partial charge in [-0.2, -0.15) is 11.8 Å². The van der Waals surface area contributed by atoms with Crippen molar-refractivity contribution in [2.75, 3.05) is 31.6 Å². The molecule has 0 radical (unpaired) electrons. The molecule has 0 aromatic carbocycles. The van der Waals surface area contributed by atoms with E-state index < -0.39 is 0 Å². The van der Waals surface area contributed by atoms with Crippen LogP contribution in [0, 0.1) is 6.92 Å². The molecule has 1 aromatic rings. The zero-order chi connectivity index (χ0) is 11.4. The zero-order valence-corrected chi connectivity index (χ0v) is 11.7. The molecule has 0 atom stereocenters. The average Bonchev–Trinajstić information content (AvgIpc) is 2.61. The molecule has 1 N–H and O–H groups in total. The average molecular weight is 256 g/mol. The summed E-state index contributed by atoms with van der Waals surface area (Å²) in [4.78, 5) is 5.53. The van der Waals surface area contributed by atoms with Crippen molar-refractivity contribution in [2.24, 2.45) is 0 Å². The van der Waals surface area contributed by atoms with E-state index in [0.717, 1.165) is 13.1 Å². The molecule has 90 valence electrons. The van der Waals surface area contributed by atoms with Gasteiger partial charge in [-0.15, -0.1) is 11.3 Å². The van der Waals surface area contributed by atoms with E-state index in [0.29, 0.717) is 0 Å². The lowest BCUT2D eigenvalue weighted by atomic mass is 10.2. The van der Waals surface area contributed by atoms with E-state index in [4.69, 9.17) is 0 Å². The fourth-order valence-electron chi connectivity index (χ4n) is 2.01. The van der Waals surface area contributed by atoms with Crippen molar-refractivity contribution in [1.82, 2.24) is 10.2 Å². The number of aryl methyl sites for hydroxylation is 1. The van der Waals surface area contributed by atoms with Gasteiger partial charge in [-0.25, -0.2) is 0 Å². The van der Waals surface area contributed by atoms with E-state index in [1.54, 1.807) is 0 Å². The summed E-state index contributed by atoms with van der Waals surface area (Å²) in [6.45, 7) is 6.90. The first kappa shape index (κ1) is 12.4. The van der Waals surface area contributed by atoms with E-state index >= 15 is 0 Å². The first-order valence-corrected chi connectivity index (χ1v) is 7.79. The second-order valence-electron chi connectivity index (χ2n) is 4.21. The van der Waals surface area contributed by atoms with Crippen molar-refractivity contribution in [2.45, 2.75) is 20.0 Å². The Kier molecular flexibility index (Phi) is 4.70. The van der Waals surface area contributed by atoms with E-state index in [1.165, 1.54) is 39.9 Å². The number of nitrogens with one attached hydrogen (secondary N) is 1. The Labute approximate surface area is 106 Å². The smallest absolute Gasteiger partial charge is 0.0296 e. The molecule has 0 unspecified atom stereocenters. The molecule has 2 nitrogen and oxygen atoms in total. The lowest BCUT2D eigenvalue weighted by Gasteiger charge is -2.25. The second kappa shape index (κ2) is 6.05. The number of hydrogen-bond donors (Lipinski definition) is 1. The highest BCUT2D eigenvalue weighted by Crippen LogP contribution is 2.23. The SMILES string of the molecule is CNCc1cc(CN2CCSCC2)c(C)s1. The first-order valence-electron chi connectivity index (χ1n) is 5.82. The number of rotatable bonds is 4. The molecule has 1 fully saturated rings. The van der Waals surface area contributed by atoms with Gasteiger partial charge in [0.1, 0.15) is 0 Å². The molecule has 16 heavy (non-hydrogen) atoms. The highest BCUT2D eigenvalue weighted by atomic mass is 32.2. The van der Waals surface area contributed by atoms with Crippen molar-refractivity contribution >= 4 is 23.1 Å². The van der Waals surface area contributed by atoms with Gasteiger partial charge in [-0.3, -0.25) is 4.90 Å². The maximum absolute atomic E-state index is 3.22.